The number of imidazole rings is 2. The normalized spacial score (nSPS) is 15.4. The topological polar surface area (TPSA) is 135 Å². The Morgan fingerprint density at radius 2 is 1.17 bits per heavy atom. The second-order valence-corrected chi connectivity index (χ2v) is 14.7. The van der Waals surface area contributed by atoms with Crippen LogP contribution in [-0.4, -0.2) is 66.1 Å². The maximum atomic E-state index is 12.1. The number of hydrogen-bond donors (Lipinski definition) is 1. The summed E-state index contributed by atoms with van der Waals surface area (Å²) in [5, 5.41) is 9.47. The van der Waals surface area contributed by atoms with Crippen molar-refractivity contribution in [3.8, 4) is 22.8 Å². The van der Waals surface area contributed by atoms with Crippen LogP contribution in [0.5, 0.6) is 0 Å². The van der Waals surface area contributed by atoms with Crippen LogP contribution in [0.1, 0.15) is 52.7 Å². The van der Waals surface area contributed by atoms with E-state index in [4.69, 9.17) is 19.4 Å². The zero-order valence-electron chi connectivity index (χ0n) is 31.5. The minimum Gasteiger partial charge on any atom is -0.392 e. The highest BCUT2D eigenvalue weighted by molar-refractivity contribution is 5.87. The van der Waals surface area contributed by atoms with Crippen molar-refractivity contribution in [2.24, 2.45) is 25.9 Å². The first-order valence-electron chi connectivity index (χ1n) is 18.7. The number of aliphatic hydroxyl groups is 1. The van der Waals surface area contributed by atoms with Gasteiger partial charge < -0.3 is 32.8 Å². The van der Waals surface area contributed by atoms with Gasteiger partial charge in [0.15, 0.2) is 0 Å². The lowest BCUT2D eigenvalue weighted by Crippen LogP contribution is -2.21. The van der Waals surface area contributed by atoms with Crippen LogP contribution in [0.3, 0.4) is 0 Å². The fourth-order valence-corrected chi connectivity index (χ4v) is 7.68. The first-order chi connectivity index (χ1) is 26.1. The largest absolute Gasteiger partial charge is 0.392 e. The van der Waals surface area contributed by atoms with Crippen molar-refractivity contribution in [1.29, 1.82) is 0 Å². The Bertz CT molecular complexity index is 2370. The summed E-state index contributed by atoms with van der Waals surface area (Å²) in [6, 6.07) is 15.3. The molecule has 0 atom stereocenters. The van der Waals surface area contributed by atoms with E-state index >= 15 is 0 Å². The number of carbonyl (C=O) groups excluding carboxylic acids is 1. The SMILES string of the molecule is Cc1cc(-c2nc3cc(C=O)ccc3n2CC2CCOCC2)cn(C)c1=O.Cc1cc(-c2nc3cc(CO)ccc3n2CC2CCOCC2)cn(C)c1=O. The molecule has 2 saturated heterocycles. The fourth-order valence-electron chi connectivity index (χ4n) is 7.68. The maximum Gasteiger partial charge on any atom is 0.253 e. The van der Waals surface area contributed by atoms with Gasteiger partial charge in [0.1, 0.15) is 17.9 Å². The molecule has 2 aliphatic heterocycles. The number of benzene rings is 2. The molecule has 2 aromatic carbocycles. The standard InChI is InChI=1S/C21H25N3O3.C21H23N3O3/c2*1-14-9-17(12-23(2)21(14)26)20-22-18-10-16(13-25)3-4-19(18)24(20)11-15-5-7-27-8-6-15/h3-4,9-10,12,15,25H,5-8,11,13H2,1-2H3;3-4,9-10,12-13,15H,5-8,11H2,1-2H3. The molecule has 8 rings (SSSR count). The number of aromatic nitrogens is 6. The van der Waals surface area contributed by atoms with Gasteiger partial charge in [-0.05, 0) is 99.4 Å². The minimum absolute atomic E-state index is 0.00293. The summed E-state index contributed by atoms with van der Waals surface area (Å²) < 4.78 is 18.7. The van der Waals surface area contributed by atoms with E-state index in [0.717, 1.165) is 122 Å². The molecular formula is C42H48N6O6. The van der Waals surface area contributed by atoms with Crippen molar-refractivity contribution < 1.29 is 19.4 Å². The number of fused-ring (bicyclic) bond motifs is 2. The van der Waals surface area contributed by atoms with E-state index in [2.05, 4.69) is 9.13 Å². The van der Waals surface area contributed by atoms with Crippen molar-refractivity contribution in [3.63, 3.8) is 0 Å². The first kappa shape index (κ1) is 37.2. The number of aliphatic hydroxyl groups excluding tert-OH is 1. The van der Waals surface area contributed by atoms with Gasteiger partial charge in [0.25, 0.3) is 11.1 Å². The lowest BCUT2D eigenvalue weighted by Gasteiger charge is -2.23. The van der Waals surface area contributed by atoms with E-state index in [-0.39, 0.29) is 17.7 Å². The summed E-state index contributed by atoms with van der Waals surface area (Å²) in [6.45, 7) is 8.56. The number of ether oxygens (including phenoxy) is 2. The lowest BCUT2D eigenvalue weighted by molar-refractivity contribution is 0.0616. The predicted molar refractivity (Wildman–Crippen MR) is 209 cm³/mol. The molecule has 4 aromatic heterocycles. The third-order valence-corrected chi connectivity index (χ3v) is 10.7. The molecule has 0 amide bonds. The van der Waals surface area contributed by atoms with Crippen molar-refractivity contribution in [2.75, 3.05) is 26.4 Å². The lowest BCUT2D eigenvalue weighted by atomic mass is 10.00. The number of nitrogens with zero attached hydrogens (tertiary/aromatic N) is 6. The van der Waals surface area contributed by atoms with Crippen LogP contribution in [0, 0.1) is 25.7 Å². The Labute approximate surface area is 313 Å². The van der Waals surface area contributed by atoms with E-state index in [9.17, 15) is 19.5 Å². The van der Waals surface area contributed by atoms with E-state index < -0.39 is 0 Å². The summed E-state index contributed by atoms with van der Waals surface area (Å²) in [5.41, 5.74) is 8.43. The summed E-state index contributed by atoms with van der Waals surface area (Å²) in [4.78, 5) is 45.1. The van der Waals surface area contributed by atoms with Gasteiger partial charge in [-0.3, -0.25) is 14.4 Å². The molecule has 282 valence electrons. The molecule has 0 aliphatic carbocycles. The Hall–Kier alpha value is -5.17. The summed E-state index contributed by atoms with van der Waals surface area (Å²) in [5.74, 6) is 2.76. The van der Waals surface area contributed by atoms with Gasteiger partial charge in [0.05, 0.1) is 28.7 Å². The summed E-state index contributed by atoms with van der Waals surface area (Å²) in [6.07, 6.45) is 8.66. The number of carbonyl (C=O) groups is 1. The van der Waals surface area contributed by atoms with E-state index in [1.165, 1.54) is 0 Å². The van der Waals surface area contributed by atoms with Gasteiger partial charge >= 0.3 is 0 Å². The first-order valence-corrected chi connectivity index (χ1v) is 18.7. The van der Waals surface area contributed by atoms with E-state index in [1.54, 1.807) is 23.2 Å². The third-order valence-electron chi connectivity index (χ3n) is 10.7. The molecule has 6 heterocycles. The summed E-state index contributed by atoms with van der Waals surface area (Å²) >= 11 is 0. The van der Waals surface area contributed by atoms with Crippen LogP contribution < -0.4 is 11.1 Å². The van der Waals surface area contributed by atoms with Crippen molar-refractivity contribution >= 4 is 28.4 Å². The Kier molecular flexibility index (Phi) is 11.0. The number of aryl methyl sites for hydroxylation is 4. The van der Waals surface area contributed by atoms with Crippen LogP contribution in [0.15, 0.2) is 70.5 Å². The average Bonchev–Trinajstić information content (AvgIpc) is 3.73. The predicted octanol–water partition coefficient (Wildman–Crippen LogP) is 5.58. The fraction of sp³-hybridized carbons (Fsp3) is 0.405. The van der Waals surface area contributed by atoms with Gasteiger partial charge in [-0.2, -0.15) is 0 Å². The quantitative estimate of drug-likeness (QED) is 0.201. The van der Waals surface area contributed by atoms with Gasteiger partial charge in [-0.25, -0.2) is 9.97 Å². The second kappa shape index (κ2) is 16.1. The van der Waals surface area contributed by atoms with E-state index in [1.807, 2.05) is 74.8 Å². The van der Waals surface area contributed by atoms with Crippen LogP contribution in [-0.2, 0) is 43.3 Å². The molecule has 2 aliphatic rings. The van der Waals surface area contributed by atoms with Gasteiger partial charge in [-0.15, -0.1) is 0 Å². The van der Waals surface area contributed by atoms with Crippen molar-refractivity contribution in [2.45, 2.75) is 59.2 Å². The molecule has 0 saturated carbocycles. The highest BCUT2D eigenvalue weighted by Crippen LogP contribution is 2.30. The Morgan fingerprint density at radius 3 is 1.61 bits per heavy atom. The van der Waals surface area contributed by atoms with Gasteiger partial charge in [-0.1, -0.05) is 6.07 Å². The molecule has 1 N–H and O–H groups in total. The smallest absolute Gasteiger partial charge is 0.253 e. The highest BCUT2D eigenvalue weighted by atomic mass is 16.5. The van der Waals surface area contributed by atoms with Crippen LogP contribution in [0.25, 0.3) is 44.8 Å². The highest BCUT2D eigenvalue weighted by Gasteiger charge is 2.22. The van der Waals surface area contributed by atoms with Crippen LogP contribution in [0.2, 0.25) is 0 Å². The third kappa shape index (κ3) is 7.73. The number of rotatable bonds is 8. The molecular weight excluding hydrogens is 684 g/mol. The monoisotopic (exact) mass is 732 g/mol. The molecule has 0 spiro atoms. The summed E-state index contributed by atoms with van der Waals surface area (Å²) in [7, 11) is 3.53. The van der Waals surface area contributed by atoms with Gasteiger partial charge in [0.2, 0.25) is 0 Å². The number of aldehydes is 1. The maximum absolute atomic E-state index is 12.1. The van der Waals surface area contributed by atoms with Crippen LogP contribution in [0.4, 0.5) is 0 Å². The average molecular weight is 733 g/mol. The molecule has 2 fully saturated rings. The second-order valence-electron chi connectivity index (χ2n) is 14.7. The molecule has 0 unspecified atom stereocenters. The Morgan fingerprint density at radius 1 is 0.704 bits per heavy atom. The zero-order chi connectivity index (χ0) is 37.9. The molecule has 12 heteroatoms. The van der Waals surface area contributed by atoms with E-state index in [0.29, 0.717) is 28.5 Å². The van der Waals surface area contributed by atoms with Crippen molar-refractivity contribution in [3.05, 3.63) is 104 Å². The van der Waals surface area contributed by atoms with Gasteiger partial charge in [0, 0.05) is 93.8 Å². The molecule has 6 aromatic rings. The number of pyridine rings is 2. The molecule has 54 heavy (non-hydrogen) atoms. The number of hydrogen-bond acceptors (Lipinski definition) is 8. The van der Waals surface area contributed by atoms with Crippen LogP contribution >= 0.6 is 0 Å². The molecule has 0 radical (unpaired) electrons. The van der Waals surface area contributed by atoms with Crippen molar-refractivity contribution in [1.82, 2.24) is 28.2 Å². The Balaban J connectivity index is 0.000000167. The zero-order valence-corrected chi connectivity index (χ0v) is 31.5. The molecule has 12 nitrogen and oxygen atoms in total. The molecule has 0 bridgehead atoms. The minimum atomic E-state index is -0.00548.